The Morgan fingerprint density at radius 1 is 1.24 bits per heavy atom. The molecule has 1 unspecified atom stereocenters. The van der Waals surface area contributed by atoms with Crippen molar-refractivity contribution < 1.29 is 9.53 Å². The van der Waals surface area contributed by atoms with Gasteiger partial charge in [0.05, 0.1) is 12.5 Å². The van der Waals surface area contributed by atoms with Crippen LogP contribution < -0.4 is 0 Å². The molecule has 0 aliphatic rings. The fourth-order valence-electron chi connectivity index (χ4n) is 1.81. The predicted molar refractivity (Wildman–Crippen MR) is 79.0 cm³/mol. The summed E-state index contributed by atoms with van der Waals surface area (Å²) in [7, 11) is -0.462. The minimum Gasteiger partial charge on any atom is -0.465 e. The molecule has 2 nitrogen and oxygen atoms in total. The first-order valence-electron chi connectivity index (χ1n) is 6.34. The third kappa shape index (κ3) is 10.7. The summed E-state index contributed by atoms with van der Waals surface area (Å²) in [4.78, 5) is 11.7. The van der Waals surface area contributed by atoms with E-state index in [4.69, 9.17) is 4.74 Å². The average molecular weight is 262 g/mol. The van der Waals surface area contributed by atoms with Crippen molar-refractivity contribution in [3.05, 3.63) is 0 Å². The third-order valence-corrected chi connectivity index (χ3v) is 3.98. The number of hydrogen-bond acceptors (Lipinski definition) is 2. The highest BCUT2D eigenvalue weighted by Crippen LogP contribution is 2.34. The van der Waals surface area contributed by atoms with Crippen LogP contribution in [0.2, 0.25) is 0 Å². The molecule has 0 aromatic rings. The topological polar surface area (TPSA) is 26.3 Å². The Hall–Kier alpha value is -0.180. The maximum absolute atomic E-state index is 11.7. The number of rotatable bonds is 6. The highest BCUT2D eigenvalue weighted by Gasteiger charge is 2.21. The average Bonchev–Trinajstić information content (AvgIpc) is 2.07. The van der Waals surface area contributed by atoms with Crippen molar-refractivity contribution in [1.82, 2.24) is 0 Å². The number of ether oxygens (including phenoxy) is 1. The van der Waals surface area contributed by atoms with Gasteiger partial charge in [-0.25, -0.2) is 10.0 Å². The Kier molecular flexibility index (Phi) is 6.60. The van der Waals surface area contributed by atoms with Gasteiger partial charge in [0.25, 0.3) is 0 Å². The van der Waals surface area contributed by atoms with Crippen LogP contribution in [-0.2, 0) is 9.53 Å². The zero-order valence-corrected chi connectivity index (χ0v) is 13.4. The lowest BCUT2D eigenvalue weighted by Gasteiger charge is -2.25. The van der Waals surface area contributed by atoms with Gasteiger partial charge in [-0.05, 0) is 42.8 Å². The smallest absolute Gasteiger partial charge is 0.308 e. The molecule has 0 fully saturated rings. The molecule has 17 heavy (non-hydrogen) atoms. The van der Waals surface area contributed by atoms with Crippen LogP contribution in [0, 0.1) is 11.3 Å². The largest absolute Gasteiger partial charge is 0.465 e. The number of esters is 1. The molecular formula is C14H30O2S. The molecule has 3 heteroatoms. The molecule has 0 radical (unpaired) electrons. The van der Waals surface area contributed by atoms with Gasteiger partial charge in [0.2, 0.25) is 0 Å². The number of carbonyl (C=O) groups is 1. The van der Waals surface area contributed by atoms with E-state index >= 15 is 0 Å². The Morgan fingerprint density at radius 3 is 2.18 bits per heavy atom. The molecule has 0 spiro atoms. The standard InChI is InChI=1S/C14H30O2S/c1-12(11-14(2,3)4)13(15)16-9-8-10-17(5,6)7/h12H,8-11H2,1-7H3. The molecule has 1 atom stereocenters. The Balaban J connectivity index is 3.80. The Bertz CT molecular complexity index is 236. The Labute approximate surface area is 109 Å². The quantitative estimate of drug-likeness (QED) is 0.539. The highest BCUT2D eigenvalue weighted by atomic mass is 32.3. The molecular weight excluding hydrogens is 232 g/mol. The van der Waals surface area contributed by atoms with E-state index in [1.54, 1.807) is 0 Å². The molecule has 0 rings (SSSR count). The molecule has 0 aromatic heterocycles. The first-order chi connectivity index (χ1) is 7.51. The number of hydrogen-bond donors (Lipinski definition) is 0. The summed E-state index contributed by atoms with van der Waals surface area (Å²) in [5.41, 5.74) is 0.188. The van der Waals surface area contributed by atoms with Gasteiger partial charge in [0.1, 0.15) is 0 Å². The van der Waals surface area contributed by atoms with E-state index in [1.165, 1.54) is 5.75 Å². The van der Waals surface area contributed by atoms with Gasteiger partial charge in [-0.2, -0.15) is 0 Å². The van der Waals surface area contributed by atoms with E-state index in [0.717, 1.165) is 12.8 Å². The van der Waals surface area contributed by atoms with Crippen LogP contribution in [0.25, 0.3) is 0 Å². The second kappa shape index (κ2) is 6.67. The second-order valence-electron chi connectivity index (χ2n) is 6.98. The van der Waals surface area contributed by atoms with Gasteiger partial charge in [-0.15, -0.1) is 0 Å². The minimum atomic E-state index is -0.462. The summed E-state index contributed by atoms with van der Waals surface area (Å²) < 4.78 is 5.32. The normalized spacial score (nSPS) is 15.5. The summed E-state index contributed by atoms with van der Waals surface area (Å²) in [6.07, 6.45) is 8.74. The molecule has 0 bridgehead atoms. The van der Waals surface area contributed by atoms with Crippen molar-refractivity contribution in [2.45, 2.75) is 40.5 Å². The van der Waals surface area contributed by atoms with Gasteiger partial charge >= 0.3 is 5.97 Å². The lowest BCUT2D eigenvalue weighted by atomic mass is 9.85. The van der Waals surface area contributed by atoms with Crippen LogP contribution in [0.5, 0.6) is 0 Å². The summed E-state index contributed by atoms with van der Waals surface area (Å²) in [5, 5.41) is 0. The van der Waals surface area contributed by atoms with Crippen LogP contribution in [-0.4, -0.2) is 37.1 Å². The molecule has 0 aliphatic heterocycles. The van der Waals surface area contributed by atoms with E-state index in [1.807, 2.05) is 6.92 Å². The zero-order valence-electron chi connectivity index (χ0n) is 12.6. The van der Waals surface area contributed by atoms with Crippen molar-refractivity contribution in [2.24, 2.45) is 11.3 Å². The predicted octanol–water partition coefficient (Wildman–Crippen LogP) is 3.69. The van der Waals surface area contributed by atoms with Crippen LogP contribution in [0.1, 0.15) is 40.5 Å². The first-order valence-corrected chi connectivity index (χ1v) is 9.37. The lowest BCUT2D eigenvalue weighted by molar-refractivity contribution is -0.148. The zero-order chi connectivity index (χ0) is 13.7. The lowest BCUT2D eigenvalue weighted by Crippen LogP contribution is -2.21. The molecule has 0 saturated heterocycles. The van der Waals surface area contributed by atoms with Crippen molar-refractivity contribution in [2.75, 3.05) is 31.1 Å². The summed E-state index contributed by atoms with van der Waals surface area (Å²) in [5.74, 6) is 1.15. The van der Waals surface area contributed by atoms with E-state index in [0.29, 0.717) is 6.61 Å². The number of carbonyl (C=O) groups excluding carboxylic acids is 1. The fourth-order valence-corrected chi connectivity index (χ4v) is 2.79. The SMILES string of the molecule is CC(CC(C)(C)C)C(=O)OCCCS(C)(C)C. The maximum Gasteiger partial charge on any atom is 0.308 e. The molecule has 104 valence electrons. The monoisotopic (exact) mass is 262 g/mol. The summed E-state index contributed by atoms with van der Waals surface area (Å²) in [6, 6.07) is 0. The van der Waals surface area contributed by atoms with Crippen LogP contribution in [0.4, 0.5) is 0 Å². The van der Waals surface area contributed by atoms with Crippen molar-refractivity contribution in [3.8, 4) is 0 Å². The first kappa shape index (κ1) is 16.8. The minimum absolute atomic E-state index is 0.0111. The van der Waals surface area contributed by atoms with Crippen LogP contribution in [0.15, 0.2) is 0 Å². The van der Waals surface area contributed by atoms with Crippen molar-refractivity contribution in [1.29, 1.82) is 0 Å². The summed E-state index contributed by atoms with van der Waals surface area (Å²) >= 11 is 0. The van der Waals surface area contributed by atoms with Gasteiger partial charge in [0.15, 0.2) is 0 Å². The second-order valence-corrected chi connectivity index (χ2v) is 11.6. The fraction of sp³-hybridized carbons (Fsp3) is 0.929. The van der Waals surface area contributed by atoms with E-state index in [2.05, 4.69) is 39.5 Å². The van der Waals surface area contributed by atoms with Crippen LogP contribution in [0.3, 0.4) is 0 Å². The van der Waals surface area contributed by atoms with Gasteiger partial charge in [-0.1, -0.05) is 27.7 Å². The highest BCUT2D eigenvalue weighted by molar-refractivity contribution is 8.32. The Morgan fingerprint density at radius 2 is 1.76 bits per heavy atom. The van der Waals surface area contributed by atoms with E-state index in [-0.39, 0.29) is 17.3 Å². The van der Waals surface area contributed by atoms with Crippen molar-refractivity contribution in [3.63, 3.8) is 0 Å². The van der Waals surface area contributed by atoms with Gasteiger partial charge < -0.3 is 4.74 Å². The molecule has 0 N–H and O–H groups in total. The van der Waals surface area contributed by atoms with E-state index < -0.39 is 10.0 Å². The van der Waals surface area contributed by atoms with Crippen LogP contribution >= 0.6 is 10.0 Å². The summed E-state index contributed by atoms with van der Waals surface area (Å²) in [6.45, 7) is 9.00. The van der Waals surface area contributed by atoms with Gasteiger partial charge in [0, 0.05) is 0 Å². The molecule has 0 amide bonds. The van der Waals surface area contributed by atoms with Gasteiger partial charge in [-0.3, -0.25) is 4.79 Å². The molecule has 0 aliphatic carbocycles. The van der Waals surface area contributed by atoms with Crippen molar-refractivity contribution >= 4 is 16.0 Å². The van der Waals surface area contributed by atoms with E-state index in [9.17, 15) is 4.79 Å². The maximum atomic E-state index is 11.7. The molecule has 0 aromatic carbocycles. The third-order valence-electron chi connectivity index (χ3n) is 2.47. The molecule has 0 heterocycles. The molecule has 0 saturated carbocycles.